The van der Waals surface area contributed by atoms with Crippen molar-refractivity contribution in [3.05, 3.63) is 73.7 Å². The molecule has 0 aromatic heterocycles. The van der Waals surface area contributed by atoms with Crippen molar-refractivity contribution in [3.8, 4) is 0 Å². The number of halogens is 1. The van der Waals surface area contributed by atoms with Crippen LogP contribution in [0.15, 0.2) is 46.9 Å². The molecule has 2 aromatic carbocycles. The van der Waals surface area contributed by atoms with E-state index in [0.717, 1.165) is 10.0 Å². The molecule has 0 aliphatic rings. The van der Waals surface area contributed by atoms with Crippen molar-refractivity contribution in [2.75, 3.05) is 0 Å². The highest BCUT2D eigenvalue weighted by atomic mass is 79.9. The Hall–Kier alpha value is -2.21. The van der Waals surface area contributed by atoms with Crippen LogP contribution in [0.25, 0.3) is 0 Å². The number of carbonyl (C=O) groups is 1. The molecule has 1 N–H and O–H groups in total. The number of hydrogen-bond acceptors (Lipinski definition) is 3. The topological polar surface area (TPSA) is 72.2 Å². The number of aryl methyl sites for hydroxylation is 1. The summed E-state index contributed by atoms with van der Waals surface area (Å²) in [4.78, 5) is 22.6. The molecule has 2 aromatic rings. The Bertz CT molecular complexity index is 731. The van der Waals surface area contributed by atoms with Gasteiger partial charge in [-0.3, -0.25) is 14.9 Å². The summed E-state index contributed by atoms with van der Waals surface area (Å²) in [5, 5.41) is 13.7. The molecule has 1 amide bonds. The Morgan fingerprint density at radius 3 is 2.55 bits per heavy atom. The van der Waals surface area contributed by atoms with E-state index in [9.17, 15) is 14.9 Å². The molecule has 0 bridgehead atoms. The largest absolute Gasteiger partial charge is 0.345 e. The molecule has 2 rings (SSSR count). The van der Waals surface area contributed by atoms with Crippen LogP contribution < -0.4 is 5.32 Å². The van der Waals surface area contributed by atoms with Gasteiger partial charge in [-0.05, 0) is 37.6 Å². The van der Waals surface area contributed by atoms with Gasteiger partial charge in [-0.25, -0.2) is 0 Å². The minimum Gasteiger partial charge on any atom is -0.345 e. The van der Waals surface area contributed by atoms with E-state index in [1.165, 1.54) is 18.2 Å². The van der Waals surface area contributed by atoms with Crippen molar-refractivity contribution in [1.82, 2.24) is 5.32 Å². The fourth-order valence-corrected chi connectivity index (χ4v) is 2.81. The third-order valence-electron chi connectivity index (χ3n) is 3.38. The van der Waals surface area contributed by atoms with Crippen molar-refractivity contribution in [2.45, 2.75) is 19.9 Å². The summed E-state index contributed by atoms with van der Waals surface area (Å²) in [5.41, 5.74) is 1.85. The predicted molar refractivity (Wildman–Crippen MR) is 87.9 cm³/mol. The first-order valence-electron chi connectivity index (χ1n) is 6.70. The first-order chi connectivity index (χ1) is 10.4. The lowest BCUT2D eigenvalue weighted by Gasteiger charge is -2.16. The Morgan fingerprint density at radius 2 is 1.95 bits per heavy atom. The van der Waals surface area contributed by atoms with Gasteiger partial charge in [0.25, 0.3) is 11.6 Å². The normalized spacial score (nSPS) is 11.8. The minimum atomic E-state index is -0.458. The molecule has 0 aliphatic heterocycles. The summed E-state index contributed by atoms with van der Waals surface area (Å²) >= 11 is 3.45. The van der Waals surface area contributed by atoms with Gasteiger partial charge >= 0.3 is 0 Å². The number of carbonyl (C=O) groups excluding carboxylic acids is 1. The molecule has 1 atom stereocenters. The number of nitro groups is 1. The quantitative estimate of drug-likeness (QED) is 0.655. The smallest absolute Gasteiger partial charge is 0.272 e. The molecular formula is C16H15BrN2O3. The molecule has 0 saturated heterocycles. The fourth-order valence-electron chi connectivity index (χ4n) is 2.19. The van der Waals surface area contributed by atoms with Crippen LogP contribution in [0.1, 0.15) is 34.5 Å². The molecule has 0 saturated carbocycles. The minimum absolute atomic E-state index is 0.00963. The molecular weight excluding hydrogens is 348 g/mol. The maximum absolute atomic E-state index is 12.3. The Kier molecular flexibility index (Phi) is 4.92. The summed E-state index contributed by atoms with van der Waals surface area (Å²) in [5.74, 6) is -0.263. The predicted octanol–water partition coefficient (Wildman–Crippen LogP) is 4.16. The molecule has 1 unspecified atom stereocenters. The second-order valence-corrected chi connectivity index (χ2v) is 5.83. The molecule has 6 heteroatoms. The van der Waals surface area contributed by atoms with Crippen molar-refractivity contribution >= 4 is 27.5 Å². The van der Waals surface area contributed by atoms with E-state index in [-0.39, 0.29) is 17.6 Å². The van der Waals surface area contributed by atoms with Crippen LogP contribution in [0, 0.1) is 17.0 Å². The van der Waals surface area contributed by atoms with Crippen LogP contribution in [-0.4, -0.2) is 10.8 Å². The van der Waals surface area contributed by atoms with Gasteiger partial charge in [-0.1, -0.05) is 34.1 Å². The van der Waals surface area contributed by atoms with Crippen LogP contribution in [0.5, 0.6) is 0 Å². The first-order valence-corrected chi connectivity index (χ1v) is 7.49. The molecule has 0 radical (unpaired) electrons. The standard InChI is InChI=1S/C16H15BrN2O3/c1-10-9-12(7-8-15(10)19(21)22)16(20)18-11(2)13-5-3-4-6-14(13)17/h3-9,11H,1-2H3,(H,18,20). The van der Waals surface area contributed by atoms with E-state index >= 15 is 0 Å². The molecule has 0 aliphatic carbocycles. The van der Waals surface area contributed by atoms with Crippen LogP contribution in [-0.2, 0) is 0 Å². The lowest BCUT2D eigenvalue weighted by Crippen LogP contribution is -2.26. The summed E-state index contributed by atoms with van der Waals surface area (Å²) in [6.07, 6.45) is 0. The van der Waals surface area contributed by atoms with Crippen molar-refractivity contribution in [1.29, 1.82) is 0 Å². The zero-order valence-corrected chi connectivity index (χ0v) is 13.8. The second-order valence-electron chi connectivity index (χ2n) is 4.98. The molecule has 114 valence electrons. The zero-order valence-electron chi connectivity index (χ0n) is 12.2. The monoisotopic (exact) mass is 362 g/mol. The highest BCUT2D eigenvalue weighted by Gasteiger charge is 2.16. The van der Waals surface area contributed by atoms with E-state index in [1.54, 1.807) is 6.92 Å². The highest BCUT2D eigenvalue weighted by Crippen LogP contribution is 2.24. The zero-order chi connectivity index (χ0) is 16.3. The van der Waals surface area contributed by atoms with Gasteiger partial charge in [-0.2, -0.15) is 0 Å². The van der Waals surface area contributed by atoms with Gasteiger partial charge in [0.15, 0.2) is 0 Å². The number of nitro benzene ring substituents is 1. The van der Waals surface area contributed by atoms with Gasteiger partial charge in [-0.15, -0.1) is 0 Å². The highest BCUT2D eigenvalue weighted by molar-refractivity contribution is 9.10. The molecule has 0 heterocycles. The number of nitrogens with zero attached hydrogens (tertiary/aromatic N) is 1. The number of hydrogen-bond donors (Lipinski definition) is 1. The van der Waals surface area contributed by atoms with E-state index < -0.39 is 4.92 Å². The maximum atomic E-state index is 12.3. The molecule has 5 nitrogen and oxygen atoms in total. The Labute approximate surface area is 136 Å². The summed E-state index contributed by atoms with van der Waals surface area (Å²) in [6, 6.07) is 11.8. The molecule has 0 spiro atoms. The first kappa shape index (κ1) is 16.2. The fraction of sp³-hybridized carbons (Fsp3) is 0.188. The van der Waals surface area contributed by atoms with Crippen molar-refractivity contribution in [3.63, 3.8) is 0 Å². The van der Waals surface area contributed by atoms with E-state index in [2.05, 4.69) is 21.2 Å². The summed E-state index contributed by atoms with van der Waals surface area (Å²) < 4.78 is 0.919. The van der Waals surface area contributed by atoms with E-state index in [4.69, 9.17) is 0 Å². The maximum Gasteiger partial charge on any atom is 0.272 e. The molecule has 0 fully saturated rings. The number of amides is 1. The van der Waals surface area contributed by atoms with Crippen LogP contribution in [0.4, 0.5) is 5.69 Å². The van der Waals surface area contributed by atoms with E-state index in [1.807, 2.05) is 31.2 Å². The number of nitrogens with one attached hydrogen (secondary N) is 1. The van der Waals surface area contributed by atoms with Gasteiger partial charge < -0.3 is 5.32 Å². The molecule has 22 heavy (non-hydrogen) atoms. The van der Waals surface area contributed by atoms with Gasteiger partial charge in [0.05, 0.1) is 11.0 Å². The SMILES string of the molecule is Cc1cc(C(=O)NC(C)c2ccccc2Br)ccc1[N+](=O)[O-]. The van der Waals surface area contributed by atoms with Crippen molar-refractivity contribution < 1.29 is 9.72 Å². The van der Waals surface area contributed by atoms with E-state index in [0.29, 0.717) is 11.1 Å². The summed E-state index contributed by atoms with van der Waals surface area (Å²) in [6.45, 7) is 3.50. The average Bonchev–Trinajstić information content (AvgIpc) is 2.46. The van der Waals surface area contributed by atoms with Gasteiger partial charge in [0.1, 0.15) is 0 Å². The third-order valence-corrected chi connectivity index (χ3v) is 4.10. The second kappa shape index (κ2) is 6.70. The van der Waals surface area contributed by atoms with Crippen molar-refractivity contribution in [2.24, 2.45) is 0 Å². The van der Waals surface area contributed by atoms with Gasteiger partial charge in [0, 0.05) is 21.7 Å². The summed E-state index contributed by atoms with van der Waals surface area (Å²) in [7, 11) is 0. The average molecular weight is 363 g/mol. The van der Waals surface area contributed by atoms with Crippen LogP contribution in [0.2, 0.25) is 0 Å². The van der Waals surface area contributed by atoms with Crippen LogP contribution >= 0.6 is 15.9 Å². The van der Waals surface area contributed by atoms with Gasteiger partial charge in [0.2, 0.25) is 0 Å². The number of rotatable bonds is 4. The Morgan fingerprint density at radius 1 is 1.27 bits per heavy atom. The number of benzene rings is 2. The Balaban J connectivity index is 2.17. The lowest BCUT2D eigenvalue weighted by atomic mass is 10.1. The lowest BCUT2D eigenvalue weighted by molar-refractivity contribution is -0.385. The third kappa shape index (κ3) is 3.51. The van der Waals surface area contributed by atoms with Crippen LogP contribution in [0.3, 0.4) is 0 Å².